The van der Waals surface area contributed by atoms with Crippen LogP contribution in [0.2, 0.25) is 48.4 Å². The van der Waals surface area contributed by atoms with Crippen LogP contribution in [-0.4, -0.2) is 275 Å². The highest BCUT2D eigenvalue weighted by Gasteiger charge is 2.82. The molecule has 0 aliphatic carbocycles. The molecule has 0 spiro atoms. The van der Waals surface area contributed by atoms with E-state index in [9.17, 15) is 0 Å². The molecule has 6 fully saturated rings. The van der Waals surface area contributed by atoms with Gasteiger partial charge in [0.25, 0.3) is 0 Å². The molecular formula is C40H96N8O12Si8. The van der Waals surface area contributed by atoms with E-state index in [4.69, 9.17) is 49.4 Å². The van der Waals surface area contributed by atoms with E-state index < -0.39 is 70.4 Å². The van der Waals surface area contributed by atoms with Gasteiger partial charge in [-0.3, -0.25) is 0 Å². The summed E-state index contributed by atoms with van der Waals surface area (Å²) in [6.07, 6.45) is 5.88. The first kappa shape index (κ1) is 59.8. The standard InChI is InChI=1S/C40H96N8O12Si8/c1-41(2)25-17-33-61-49-62(34-18-26-42(3)4)52-65(37-21-29-45(9)10)54-63(50-61,35-19-27-43(5)6)56-67(39-23-31-47(13)14)57-64(51-61,36-20-28-44(7)8)55-66(53-62,38-22-30-46(11)12)59-68(58-65,60-67)40-24-32-48(15)16/h17-40H2,1-16H3. The molecule has 68 heavy (non-hydrogen) atoms. The largest absolute Gasteiger partial charge is 0.478 e. The van der Waals surface area contributed by atoms with Crippen LogP contribution in [0.3, 0.4) is 0 Å². The van der Waals surface area contributed by atoms with Crippen LogP contribution in [0.5, 0.6) is 0 Å². The van der Waals surface area contributed by atoms with Crippen LogP contribution in [-0.2, 0) is 49.4 Å². The van der Waals surface area contributed by atoms with Crippen molar-refractivity contribution in [2.75, 3.05) is 165 Å². The molecule has 0 unspecified atom stereocenters. The predicted molar refractivity (Wildman–Crippen MR) is 283 cm³/mol. The van der Waals surface area contributed by atoms with E-state index in [0.29, 0.717) is 48.4 Å². The van der Waals surface area contributed by atoms with Gasteiger partial charge in [0.15, 0.2) is 0 Å². The maximum absolute atomic E-state index is 8.04. The average molecular weight is 1110 g/mol. The van der Waals surface area contributed by atoms with Crippen LogP contribution in [0.25, 0.3) is 0 Å². The van der Waals surface area contributed by atoms with Crippen molar-refractivity contribution in [3.05, 3.63) is 0 Å². The van der Waals surface area contributed by atoms with Gasteiger partial charge >= 0.3 is 70.4 Å². The Morgan fingerprint density at radius 1 is 0.176 bits per heavy atom. The lowest BCUT2D eigenvalue weighted by Gasteiger charge is -2.63. The van der Waals surface area contributed by atoms with Crippen molar-refractivity contribution < 1.29 is 49.4 Å². The molecule has 6 heterocycles. The molecule has 0 atom stereocenters. The Hall–Kier alpha value is 0.935. The van der Waals surface area contributed by atoms with Gasteiger partial charge in [0.05, 0.1) is 0 Å². The number of hydrogen-bond donors (Lipinski definition) is 0. The lowest BCUT2D eigenvalue weighted by Crippen LogP contribution is -2.88. The van der Waals surface area contributed by atoms with E-state index in [1.54, 1.807) is 0 Å². The summed E-state index contributed by atoms with van der Waals surface area (Å²) in [6.45, 7) is 6.35. The van der Waals surface area contributed by atoms with Crippen molar-refractivity contribution in [2.45, 2.75) is 99.7 Å². The van der Waals surface area contributed by atoms with E-state index in [1.807, 2.05) is 0 Å². The van der Waals surface area contributed by atoms with Gasteiger partial charge in [-0.2, -0.15) is 0 Å². The molecule has 0 aromatic rings. The maximum atomic E-state index is 8.04. The topological polar surface area (TPSA) is 137 Å². The number of hydrogen-bond acceptors (Lipinski definition) is 20. The second-order valence-corrected chi connectivity index (χ2v) is 46.7. The van der Waals surface area contributed by atoms with Crippen molar-refractivity contribution >= 4 is 70.4 Å². The number of rotatable bonds is 32. The summed E-state index contributed by atoms with van der Waals surface area (Å²) in [5.74, 6) is 0. The molecular weight excluding hydrogens is 1010 g/mol. The molecule has 0 saturated carbocycles. The monoisotopic (exact) mass is 1100 g/mol. The average Bonchev–Trinajstić information content (AvgIpc) is 3.13. The van der Waals surface area contributed by atoms with Crippen LogP contribution >= 0.6 is 0 Å². The Bertz CT molecular complexity index is 1150. The summed E-state index contributed by atoms with van der Waals surface area (Å²) < 4.78 is 96.5. The molecule has 28 heteroatoms. The highest BCUT2D eigenvalue weighted by atomic mass is 28.6. The number of nitrogens with zero attached hydrogens (tertiary/aromatic N) is 8. The van der Waals surface area contributed by atoms with Crippen molar-refractivity contribution in [3.63, 3.8) is 0 Å². The van der Waals surface area contributed by atoms with Gasteiger partial charge in [-0.05, 0) is 216 Å². The maximum Gasteiger partial charge on any atom is 0.478 e. The smallest absolute Gasteiger partial charge is 0.373 e. The molecule has 6 saturated heterocycles. The van der Waals surface area contributed by atoms with Gasteiger partial charge in [-0.15, -0.1) is 0 Å². The van der Waals surface area contributed by atoms with Crippen LogP contribution in [0, 0.1) is 0 Å². The van der Waals surface area contributed by atoms with Gasteiger partial charge in [-0.25, -0.2) is 0 Å². The fraction of sp³-hybridized carbons (Fsp3) is 1.00. The van der Waals surface area contributed by atoms with E-state index in [1.165, 1.54) is 0 Å². The van der Waals surface area contributed by atoms with E-state index >= 15 is 0 Å². The molecule has 400 valence electrons. The first-order valence-corrected chi connectivity index (χ1v) is 40.9. The van der Waals surface area contributed by atoms with Crippen LogP contribution in [0.1, 0.15) is 51.4 Å². The third kappa shape index (κ3) is 17.5. The summed E-state index contributed by atoms with van der Waals surface area (Å²) in [4.78, 5) is 17.6. The molecule has 0 N–H and O–H groups in total. The van der Waals surface area contributed by atoms with Crippen molar-refractivity contribution in [3.8, 4) is 0 Å². The Kier molecular flexibility index (Phi) is 22.6. The fourth-order valence-corrected chi connectivity index (χ4v) is 59.7. The van der Waals surface area contributed by atoms with Gasteiger partial charge < -0.3 is 88.6 Å². The molecule has 0 radical (unpaired) electrons. The van der Waals surface area contributed by atoms with Crippen LogP contribution in [0.15, 0.2) is 0 Å². The molecule has 6 rings (SSSR count). The lowest BCUT2D eigenvalue weighted by atomic mass is 10.5. The van der Waals surface area contributed by atoms with E-state index in [-0.39, 0.29) is 0 Å². The molecule has 8 bridgehead atoms. The van der Waals surface area contributed by atoms with Crippen LogP contribution < -0.4 is 0 Å². The molecule has 20 nitrogen and oxygen atoms in total. The first-order valence-electron chi connectivity index (χ1n) is 25.4. The zero-order chi connectivity index (χ0) is 50.1. The minimum atomic E-state index is -4.02. The highest BCUT2D eigenvalue weighted by molar-refractivity contribution is 7.03. The SMILES string of the molecule is CN(C)CCC[Si]12O[Si]3(CCCN(C)C)O[Si]4(CCCN(C)C)O[Si](CCCN(C)C)(O1)O[Si]1(CCCN(C)C)O[Si](CCCN(C)C)(O2)O[Si](CCCN(C)C)(O3)O[Si](CCCN(C)C)(O4)O1. The van der Waals surface area contributed by atoms with Crippen molar-refractivity contribution in [2.24, 2.45) is 0 Å². The van der Waals surface area contributed by atoms with E-state index in [2.05, 4.69) is 152 Å². The Morgan fingerprint density at radius 2 is 0.265 bits per heavy atom. The summed E-state index contributed by atoms with van der Waals surface area (Å²) >= 11 is 0. The summed E-state index contributed by atoms with van der Waals surface area (Å²) in [6, 6.07) is 3.86. The molecule has 6 aliphatic heterocycles. The second kappa shape index (κ2) is 25.6. The Labute approximate surface area is 421 Å². The minimum absolute atomic E-state index is 0.482. The van der Waals surface area contributed by atoms with Crippen molar-refractivity contribution in [1.82, 2.24) is 39.2 Å². The molecule has 0 amide bonds. The Morgan fingerprint density at radius 3 is 0.338 bits per heavy atom. The molecule has 0 aromatic carbocycles. The van der Waals surface area contributed by atoms with E-state index in [0.717, 1.165) is 104 Å². The molecule has 6 aliphatic rings. The van der Waals surface area contributed by atoms with Crippen LogP contribution in [0.4, 0.5) is 0 Å². The molecule has 0 aromatic heterocycles. The summed E-state index contributed by atoms with van der Waals surface area (Å²) in [7, 11) is 1.41. The van der Waals surface area contributed by atoms with Gasteiger partial charge in [0.1, 0.15) is 0 Å². The van der Waals surface area contributed by atoms with Gasteiger partial charge in [0.2, 0.25) is 0 Å². The zero-order valence-electron chi connectivity index (χ0n) is 45.4. The minimum Gasteiger partial charge on any atom is -0.373 e. The summed E-state index contributed by atoms with van der Waals surface area (Å²) in [5.41, 5.74) is 0. The third-order valence-corrected chi connectivity index (χ3v) is 50.0. The summed E-state index contributed by atoms with van der Waals surface area (Å²) in [5, 5.41) is 0. The Balaban J connectivity index is 1.91. The zero-order valence-corrected chi connectivity index (χ0v) is 53.4. The second-order valence-electron chi connectivity index (χ2n) is 21.9. The highest BCUT2D eigenvalue weighted by Crippen LogP contribution is 2.54. The first-order chi connectivity index (χ1) is 31.8. The predicted octanol–water partition coefficient (Wildman–Crippen LogP) is 3.38. The fourth-order valence-electron chi connectivity index (χ4n) is 9.46. The van der Waals surface area contributed by atoms with Gasteiger partial charge in [0, 0.05) is 48.4 Å². The van der Waals surface area contributed by atoms with Gasteiger partial charge in [-0.1, -0.05) is 0 Å². The quantitative estimate of drug-likeness (QED) is 0.0911. The van der Waals surface area contributed by atoms with Crippen molar-refractivity contribution in [1.29, 1.82) is 0 Å². The third-order valence-electron chi connectivity index (χ3n) is 12.4. The lowest BCUT2D eigenvalue weighted by molar-refractivity contribution is -0.0315. The normalized spacial score (nSPS) is 34.9.